The molecule has 4 nitrogen and oxygen atoms in total. The van der Waals surface area contributed by atoms with Gasteiger partial charge in [0.2, 0.25) is 0 Å². The average Bonchev–Trinajstić information content (AvgIpc) is 2.74. The summed E-state index contributed by atoms with van der Waals surface area (Å²) in [5, 5.41) is 18.5. The van der Waals surface area contributed by atoms with Crippen LogP contribution >= 0.6 is 0 Å². The molecule has 0 fully saturated rings. The molecule has 0 saturated carbocycles. The zero-order valence-corrected chi connectivity index (χ0v) is 16.3. The first-order valence-electron chi connectivity index (χ1n) is 9.46. The molecule has 2 aromatic rings. The molecule has 1 unspecified atom stereocenters. The quantitative estimate of drug-likeness (QED) is 0.371. The third-order valence-corrected chi connectivity index (χ3v) is 4.62. The van der Waals surface area contributed by atoms with Gasteiger partial charge >= 0.3 is 5.97 Å². The monoisotopic (exact) mass is 380 g/mol. The first-order chi connectivity index (χ1) is 13.6. The summed E-state index contributed by atoms with van der Waals surface area (Å²) in [6.07, 6.45) is 6.31. The molecule has 2 N–H and O–H groups in total. The Morgan fingerprint density at radius 2 is 1.68 bits per heavy atom. The number of aryl methyl sites for hydroxylation is 1. The Morgan fingerprint density at radius 3 is 2.21 bits per heavy atom. The number of hydrogen-bond donors (Lipinski definition) is 2. The molecule has 0 radical (unpaired) electrons. The van der Waals surface area contributed by atoms with Crippen molar-refractivity contribution in [3.63, 3.8) is 0 Å². The standard InChI is InChI=1S/C24H28O4/c1-3-4-5-6-19-7-9-20(10-8-19)21-11-13-22(14-12-21)23(16-26)17-28-24(27)18(2)15-25/h3-4,7-14,23,25-26H,2,5-6,15-17H2,1H3/b4-3+. The van der Waals surface area contributed by atoms with Crippen LogP contribution < -0.4 is 0 Å². The lowest BCUT2D eigenvalue weighted by atomic mass is 9.96. The second-order valence-electron chi connectivity index (χ2n) is 6.67. The Bertz CT molecular complexity index is 788. The molecule has 0 spiro atoms. The highest BCUT2D eigenvalue weighted by Crippen LogP contribution is 2.24. The summed E-state index contributed by atoms with van der Waals surface area (Å²) in [6.45, 7) is 4.92. The highest BCUT2D eigenvalue weighted by molar-refractivity contribution is 5.87. The largest absolute Gasteiger partial charge is 0.462 e. The van der Waals surface area contributed by atoms with Crippen LogP contribution in [-0.4, -0.2) is 36.0 Å². The molecule has 2 aromatic carbocycles. The van der Waals surface area contributed by atoms with Gasteiger partial charge in [0.25, 0.3) is 0 Å². The summed E-state index contributed by atoms with van der Waals surface area (Å²) in [5.74, 6) is -0.967. The Kier molecular flexibility index (Phi) is 8.66. The first kappa shape index (κ1) is 21.6. The van der Waals surface area contributed by atoms with E-state index in [2.05, 4.69) is 43.0 Å². The Labute approximate surface area is 166 Å². The van der Waals surface area contributed by atoms with Crippen molar-refractivity contribution in [2.75, 3.05) is 19.8 Å². The summed E-state index contributed by atoms with van der Waals surface area (Å²) in [6, 6.07) is 16.4. The number of carbonyl (C=O) groups is 1. The van der Waals surface area contributed by atoms with Gasteiger partial charge in [-0.15, -0.1) is 0 Å². The van der Waals surface area contributed by atoms with Crippen LogP contribution in [0.15, 0.2) is 72.8 Å². The van der Waals surface area contributed by atoms with E-state index in [9.17, 15) is 9.90 Å². The molecule has 1 atom stereocenters. The number of carbonyl (C=O) groups excluding carboxylic acids is 1. The van der Waals surface area contributed by atoms with Gasteiger partial charge < -0.3 is 14.9 Å². The smallest absolute Gasteiger partial charge is 0.335 e. The predicted molar refractivity (Wildman–Crippen MR) is 112 cm³/mol. The number of esters is 1. The van der Waals surface area contributed by atoms with Gasteiger partial charge in [-0.25, -0.2) is 4.79 Å². The molecular weight excluding hydrogens is 352 g/mol. The van der Waals surface area contributed by atoms with Crippen LogP contribution in [0.4, 0.5) is 0 Å². The fourth-order valence-electron chi connectivity index (χ4n) is 2.83. The number of allylic oxidation sites excluding steroid dienone is 2. The van der Waals surface area contributed by atoms with Gasteiger partial charge in [0.15, 0.2) is 0 Å². The number of benzene rings is 2. The average molecular weight is 380 g/mol. The van der Waals surface area contributed by atoms with Crippen LogP contribution in [0.1, 0.15) is 30.4 Å². The van der Waals surface area contributed by atoms with Crippen molar-refractivity contribution in [3.05, 3.63) is 84.0 Å². The second kappa shape index (κ2) is 11.2. The maximum atomic E-state index is 11.6. The van der Waals surface area contributed by atoms with Crippen LogP contribution in [0.5, 0.6) is 0 Å². The van der Waals surface area contributed by atoms with Crippen molar-refractivity contribution < 1.29 is 19.7 Å². The van der Waals surface area contributed by atoms with Gasteiger partial charge in [-0.1, -0.05) is 67.3 Å². The van der Waals surface area contributed by atoms with Crippen LogP contribution in [0, 0.1) is 0 Å². The molecule has 0 heterocycles. The number of aliphatic hydroxyl groups is 2. The third-order valence-electron chi connectivity index (χ3n) is 4.62. The van der Waals surface area contributed by atoms with Gasteiger partial charge in [0.05, 0.1) is 18.8 Å². The zero-order chi connectivity index (χ0) is 20.4. The van der Waals surface area contributed by atoms with Gasteiger partial charge in [-0.2, -0.15) is 0 Å². The molecule has 4 heteroatoms. The lowest BCUT2D eigenvalue weighted by molar-refractivity contribution is -0.140. The van der Waals surface area contributed by atoms with Crippen molar-refractivity contribution >= 4 is 5.97 Å². The van der Waals surface area contributed by atoms with E-state index >= 15 is 0 Å². The third kappa shape index (κ3) is 6.19. The van der Waals surface area contributed by atoms with Crippen LogP contribution in [-0.2, 0) is 16.0 Å². The highest BCUT2D eigenvalue weighted by Gasteiger charge is 2.15. The minimum atomic E-state index is -0.646. The number of rotatable bonds is 10. The van der Waals surface area contributed by atoms with E-state index in [1.54, 1.807) is 0 Å². The van der Waals surface area contributed by atoms with E-state index in [4.69, 9.17) is 9.84 Å². The lowest BCUT2D eigenvalue weighted by Crippen LogP contribution is -2.17. The van der Waals surface area contributed by atoms with Gasteiger partial charge in [-0.05, 0) is 42.0 Å². The Balaban J connectivity index is 2.01. The molecular formula is C24H28O4. The number of aliphatic hydroxyl groups excluding tert-OH is 2. The molecule has 148 valence electrons. The molecule has 0 amide bonds. The lowest BCUT2D eigenvalue weighted by Gasteiger charge is -2.16. The molecule has 0 aliphatic rings. The first-order valence-corrected chi connectivity index (χ1v) is 9.46. The summed E-state index contributed by atoms with van der Waals surface area (Å²) >= 11 is 0. The van der Waals surface area contributed by atoms with Crippen LogP contribution in [0.2, 0.25) is 0 Å². The highest BCUT2D eigenvalue weighted by atomic mass is 16.5. The van der Waals surface area contributed by atoms with Crippen molar-refractivity contribution in [1.82, 2.24) is 0 Å². The van der Waals surface area contributed by atoms with Crippen LogP contribution in [0.3, 0.4) is 0 Å². The summed E-state index contributed by atoms with van der Waals surface area (Å²) in [5.41, 5.74) is 4.42. The number of ether oxygens (including phenoxy) is 1. The van der Waals surface area contributed by atoms with Gasteiger partial charge in [0.1, 0.15) is 6.61 Å². The summed E-state index contributed by atoms with van der Waals surface area (Å²) < 4.78 is 5.11. The SMILES string of the molecule is C=C(CO)C(=O)OCC(CO)c1ccc(-c2ccc(CC/C=C/C)cc2)cc1. The second-order valence-corrected chi connectivity index (χ2v) is 6.67. The molecule has 0 bridgehead atoms. The zero-order valence-electron chi connectivity index (χ0n) is 16.3. The minimum absolute atomic E-state index is 0.00111. The van der Waals surface area contributed by atoms with Crippen molar-refractivity contribution in [3.8, 4) is 11.1 Å². The van der Waals surface area contributed by atoms with Crippen LogP contribution in [0.25, 0.3) is 11.1 Å². The molecule has 0 aromatic heterocycles. The summed E-state index contributed by atoms with van der Waals surface area (Å²) in [4.78, 5) is 11.6. The molecule has 28 heavy (non-hydrogen) atoms. The summed E-state index contributed by atoms with van der Waals surface area (Å²) in [7, 11) is 0. The predicted octanol–water partition coefficient (Wildman–Crippen LogP) is 4.03. The fraction of sp³-hybridized carbons (Fsp3) is 0.292. The molecule has 0 aliphatic heterocycles. The van der Waals surface area contributed by atoms with E-state index < -0.39 is 12.6 Å². The van der Waals surface area contributed by atoms with E-state index in [0.29, 0.717) is 0 Å². The Morgan fingerprint density at radius 1 is 1.07 bits per heavy atom. The molecule has 0 saturated heterocycles. The van der Waals surface area contributed by atoms with E-state index in [-0.39, 0.29) is 24.7 Å². The van der Waals surface area contributed by atoms with E-state index in [0.717, 1.165) is 29.5 Å². The topological polar surface area (TPSA) is 66.8 Å². The van der Waals surface area contributed by atoms with Gasteiger partial charge in [0, 0.05) is 5.92 Å². The normalized spacial score (nSPS) is 12.1. The maximum Gasteiger partial charge on any atom is 0.335 e. The minimum Gasteiger partial charge on any atom is -0.462 e. The van der Waals surface area contributed by atoms with Crippen molar-refractivity contribution in [1.29, 1.82) is 0 Å². The van der Waals surface area contributed by atoms with Gasteiger partial charge in [-0.3, -0.25) is 0 Å². The maximum absolute atomic E-state index is 11.6. The number of hydrogen-bond acceptors (Lipinski definition) is 4. The van der Waals surface area contributed by atoms with Crippen molar-refractivity contribution in [2.24, 2.45) is 0 Å². The van der Waals surface area contributed by atoms with E-state index in [1.165, 1.54) is 5.56 Å². The molecule has 0 aliphatic carbocycles. The molecule has 2 rings (SSSR count). The van der Waals surface area contributed by atoms with Crippen molar-refractivity contribution in [2.45, 2.75) is 25.7 Å². The Hall–Kier alpha value is -2.69. The van der Waals surface area contributed by atoms with E-state index in [1.807, 2.05) is 31.2 Å². The fourth-order valence-corrected chi connectivity index (χ4v) is 2.83.